The highest BCUT2D eigenvalue weighted by Gasteiger charge is 2.15. The summed E-state index contributed by atoms with van der Waals surface area (Å²) in [5.74, 6) is -0.768. The van der Waals surface area contributed by atoms with Crippen molar-refractivity contribution in [2.75, 3.05) is 0 Å². The Bertz CT molecular complexity index is 831. The average Bonchev–Trinajstić information content (AvgIpc) is 3.14. The Morgan fingerprint density at radius 2 is 2.00 bits per heavy atom. The van der Waals surface area contributed by atoms with Gasteiger partial charge in [0.2, 0.25) is 0 Å². The Kier molecular flexibility index (Phi) is 4.35. The number of hydrogen-bond donors (Lipinski definition) is 1. The molecule has 0 aliphatic carbocycles. The lowest BCUT2D eigenvalue weighted by Crippen LogP contribution is -2.06. The van der Waals surface area contributed by atoms with E-state index in [0.717, 1.165) is 17.1 Å². The molecular formula is C19H19NO2S. The molecule has 3 aromatic rings. The number of aryl methyl sites for hydroxylation is 3. The SMILES string of the molecule is Cc1ccc(-n2c(CCC(=O)O)ccc2-c2cccs2)c(C)c1. The third kappa shape index (κ3) is 3.22. The van der Waals surface area contributed by atoms with Crippen LogP contribution in [0, 0.1) is 13.8 Å². The first-order chi connectivity index (χ1) is 11.1. The number of benzene rings is 1. The van der Waals surface area contributed by atoms with E-state index in [1.54, 1.807) is 11.3 Å². The van der Waals surface area contributed by atoms with Gasteiger partial charge in [-0.15, -0.1) is 11.3 Å². The van der Waals surface area contributed by atoms with E-state index in [4.69, 9.17) is 5.11 Å². The Balaban J connectivity index is 2.14. The molecule has 0 bridgehead atoms. The number of nitrogens with zero attached hydrogens (tertiary/aromatic N) is 1. The fourth-order valence-electron chi connectivity index (χ4n) is 2.87. The molecule has 3 nitrogen and oxygen atoms in total. The van der Waals surface area contributed by atoms with Crippen molar-refractivity contribution in [3.05, 3.63) is 64.7 Å². The van der Waals surface area contributed by atoms with Crippen molar-refractivity contribution >= 4 is 17.3 Å². The van der Waals surface area contributed by atoms with Gasteiger partial charge in [-0.05, 0) is 55.5 Å². The van der Waals surface area contributed by atoms with E-state index >= 15 is 0 Å². The molecule has 0 radical (unpaired) electrons. The topological polar surface area (TPSA) is 42.2 Å². The molecule has 2 heterocycles. The monoisotopic (exact) mass is 325 g/mol. The van der Waals surface area contributed by atoms with Gasteiger partial charge in [0.1, 0.15) is 0 Å². The van der Waals surface area contributed by atoms with Crippen LogP contribution in [0.4, 0.5) is 0 Å². The van der Waals surface area contributed by atoms with Crippen LogP contribution in [-0.2, 0) is 11.2 Å². The number of rotatable bonds is 5. The molecule has 23 heavy (non-hydrogen) atoms. The summed E-state index contributed by atoms with van der Waals surface area (Å²) in [6.45, 7) is 4.18. The molecule has 0 saturated heterocycles. The molecule has 0 aliphatic rings. The average molecular weight is 325 g/mol. The molecule has 3 rings (SSSR count). The summed E-state index contributed by atoms with van der Waals surface area (Å²) in [5, 5.41) is 11.1. The highest BCUT2D eigenvalue weighted by atomic mass is 32.1. The minimum Gasteiger partial charge on any atom is -0.481 e. The zero-order chi connectivity index (χ0) is 16.4. The van der Waals surface area contributed by atoms with E-state index in [0.29, 0.717) is 6.42 Å². The summed E-state index contributed by atoms with van der Waals surface area (Å²) in [7, 11) is 0. The molecule has 2 aromatic heterocycles. The number of carboxylic acids is 1. The predicted octanol–water partition coefficient (Wildman–Crippen LogP) is 4.84. The number of thiophene rings is 1. The maximum Gasteiger partial charge on any atom is 0.303 e. The van der Waals surface area contributed by atoms with Crippen LogP contribution in [0.5, 0.6) is 0 Å². The van der Waals surface area contributed by atoms with Gasteiger partial charge in [0.25, 0.3) is 0 Å². The fraction of sp³-hybridized carbons (Fsp3) is 0.211. The van der Waals surface area contributed by atoms with E-state index in [9.17, 15) is 4.79 Å². The fourth-order valence-corrected chi connectivity index (χ4v) is 3.61. The third-order valence-electron chi connectivity index (χ3n) is 3.92. The van der Waals surface area contributed by atoms with Crippen molar-refractivity contribution in [1.82, 2.24) is 4.57 Å². The Labute approximate surface area is 139 Å². The Hall–Kier alpha value is -2.33. The summed E-state index contributed by atoms with van der Waals surface area (Å²) < 4.78 is 2.20. The van der Waals surface area contributed by atoms with Crippen molar-refractivity contribution in [2.24, 2.45) is 0 Å². The molecule has 4 heteroatoms. The molecule has 0 saturated carbocycles. The van der Waals surface area contributed by atoms with E-state index in [2.05, 4.69) is 54.1 Å². The van der Waals surface area contributed by atoms with Crippen LogP contribution < -0.4 is 0 Å². The molecule has 0 spiro atoms. The molecule has 118 valence electrons. The summed E-state index contributed by atoms with van der Waals surface area (Å²) in [6.07, 6.45) is 0.660. The second kappa shape index (κ2) is 6.42. The number of aliphatic carboxylic acids is 1. The first-order valence-corrected chi connectivity index (χ1v) is 8.48. The Morgan fingerprint density at radius 1 is 1.17 bits per heavy atom. The highest BCUT2D eigenvalue weighted by molar-refractivity contribution is 7.13. The van der Waals surface area contributed by atoms with Crippen LogP contribution in [0.1, 0.15) is 23.2 Å². The minimum atomic E-state index is -0.768. The maximum absolute atomic E-state index is 11.0. The van der Waals surface area contributed by atoms with Crippen LogP contribution in [0.15, 0.2) is 47.8 Å². The standard InChI is InChI=1S/C19H19NO2S/c1-13-5-8-16(14(2)12-13)20-15(7-10-19(21)22)6-9-17(20)18-4-3-11-23-18/h3-6,8-9,11-12H,7,10H2,1-2H3,(H,21,22). The summed E-state index contributed by atoms with van der Waals surface area (Å²) in [4.78, 5) is 12.1. The lowest BCUT2D eigenvalue weighted by Gasteiger charge is -2.16. The summed E-state index contributed by atoms with van der Waals surface area (Å²) in [5.41, 5.74) is 5.68. The van der Waals surface area contributed by atoms with Crippen LogP contribution in [0.3, 0.4) is 0 Å². The van der Waals surface area contributed by atoms with Gasteiger partial charge in [0.15, 0.2) is 0 Å². The zero-order valence-electron chi connectivity index (χ0n) is 13.2. The summed E-state index contributed by atoms with van der Waals surface area (Å²) >= 11 is 1.69. The van der Waals surface area contributed by atoms with Crippen LogP contribution >= 0.6 is 11.3 Å². The van der Waals surface area contributed by atoms with Gasteiger partial charge < -0.3 is 9.67 Å². The van der Waals surface area contributed by atoms with Crippen LogP contribution in [0.2, 0.25) is 0 Å². The molecule has 1 aromatic carbocycles. The lowest BCUT2D eigenvalue weighted by atomic mass is 10.1. The Morgan fingerprint density at radius 3 is 2.65 bits per heavy atom. The van der Waals surface area contributed by atoms with Gasteiger partial charge in [-0.1, -0.05) is 23.8 Å². The number of carboxylic acid groups (broad SMARTS) is 1. The van der Waals surface area contributed by atoms with Crippen LogP contribution in [0.25, 0.3) is 16.3 Å². The molecule has 0 atom stereocenters. The molecule has 0 unspecified atom stereocenters. The smallest absolute Gasteiger partial charge is 0.303 e. The largest absolute Gasteiger partial charge is 0.481 e. The van der Waals surface area contributed by atoms with Gasteiger partial charge in [-0.25, -0.2) is 0 Å². The number of carbonyl (C=O) groups is 1. The van der Waals surface area contributed by atoms with Crippen molar-refractivity contribution in [2.45, 2.75) is 26.7 Å². The normalized spacial score (nSPS) is 10.9. The van der Waals surface area contributed by atoms with Gasteiger partial charge in [0, 0.05) is 11.4 Å². The van der Waals surface area contributed by atoms with E-state index in [-0.39, 0.29) is 6.42 Å². The minimum absolute atomic E-state index is 0.138. The first-order valence-electron chi connectivity index (χ1n) is 7.60. The third-order valence-corrected chi connectivity index (χ3v) is 4.82. The quantitative estimate of drug-likeness (QED) is 0.729. The molecular weight excluding hydrogens is 306 g/mol. The molecule has 0 fully saturated rings. The van der Waals surface area contributed by atoms with Gasteiger partial charge >= 0.3 is 5.97 Å². The highest BCUT2D eigenvalue weighted by Crippen LogP contribution is 2.31. The predicted molar refractivity (Wildman–Crippen MR) is 94.5 cm³/mol. The van der Waals surface area contributed by atoms with Crippen molar-refractivity contribution in [3.8, 4) is 16.3 Å². The molecule has 1 N–H and O–H groups in total. The second-order valence-electron chi connectivity index (χ2n) is 5.71. The first kappa shape index (κ1) is 15.6. The number of hydrogen-bond acceptors (Lipinski definition) is 2. The van der Waals surface area contributed by atoms with Crippen molar-refractivity contribution in [3.63, 3.8) is 0 Å². The van der Waals surface area contributed by atoms with Crippen molar-refractivity contribution < 1.29 is 9.90 Å². The van der Waals surface area contributed by atoms with Gasteiger partial charge in [-0.3, -0.25) is 4.79 Å². The van der Waals surface area contributed by atoms with E-state index in [1.807, 2.05) is 12.1 Å². The van der Waals surface area contributed by atoms with Gasteiger partial charge in [0.05, 0.1) is 17.0 Å². The maximum atomic E-state index is 11.0. The second-order valence-corrected chi connectivity index (χ2v) is 6.65. The van der Waals surface area contributed by atoms with Gasteiger partial charge in [-0.2, -0.15) is 0 Å². The zero-order valence-corrected chi connectivity index (χ0v) is 14.1. The summed E-state index contributed by atoms with van der Waals surface area (Å²) in [6, 6.07) is 14.6. The van der Waals surface area contributed by atoms with Crippen molar-refractivity contribution in [1.29, 1.82) is 0 Å². The molecule has 0 amide bonds. The van der Waals surface area contributed by atoms with E-state index < -0.39 is 5.97 Å². The van der Waals surface area contributed by atoms with E-state index in [1.165, 1.54) is 16.0 Å². The number of aromatic nitrogens is 1. The van der Waals surface area contributed by atoms with Crippen LogP contribution in [-0.4, -0.2) is 15.6 Å². The molecule has 0 aliphatic heterocycles. The lowest BCUT2D eigenvalue weighted by molar-refractivity contribution is -0.136.